The van der Waals surface area contributed by atoms with Crippen LogP contribution in [0, 0.1) is 6.92 Å². The predicted molar refractivity (Wildman–Crippen MR) is 40.2 cm³/mol. The molecule has 0 aliphatic rings. The lowest BCUT2D eigenvalue weighted by Crippen LogP contribution is -2.14. The van der Waals surface area contributed by atoms with Gasteiger partial charge in [-0.3, -0.25) is 4.98 Å². The summed E-state index contributed by atoms with van der Waals surface area (Å²) in [6.07, 6.45) is 0. The van der Waals surface area contributed by atoms with E-state index in [1.54, 1.807) is 7.28 Å². The second-order valence-electron chi connectivity index (χ2n) is 1.91. The Morgan fingerprint density at radius 3 is 3.22 bits per heavy atom. The quantitative estimate of drug-likeness (QED) is 0.497. The standard InChI is InChI=1S/C7H9BN/c1-6-4-3-5-7(8-2)9-6/h3-5H,1-2H3/i2D. The van der Waals surface area contributed by atoms with Crippen molar-refractivity contribution < 1.29 is 1.37 Å². The molecule has 0 unspecified atom stereocenters. The van der Waals surface area contributed by atoms with Crippen molar-refractivity contribution in [2.24, 2.45) is 0 Å². The van der Waals surface area contributed by atoms with Crippen molar-refractivity contribution in [2.75, 3.05) is 0 Å². The van der Waals surface area contributed by atoms with Crippen molar-refractivity contribution in [3.05, 3.63) is 23.9 Å². The van der Waals surface area contributed by atoms with Crippen LogP contribution in [0.3, 0.4) is 0 Å². The van der Waals surface area contributed by atoms with Crippen LogP contribution in [0.5, 0.6) is 0 Å². The molecule has 1 radical (unpaired) electrons. The molecule has 0 aromatic carbocycles. The molecular formula is C7H9BN. The highest BCUT2D eigenvalue weighted by Gasteiger charge is 1.88. The van der Waals surface area contributed by atoms with Gasteiger partial charge in [-0.1, -0.05) is 18.9 Å². The summed E-state index contributed by atoms with van der Waals surface area (Å²) in [5.41, 5.74) is 1.90. The zero-order valence-electron chi connectivity index (χ0n) is 6.46. The number of hydrogen-bond acceptors (Lipinski definition) is 1. The van der Waals surface area contributed by atoms with Crippen molar-refractivity contribution in [1.82, 2.24) is 4.98 Å². The van der Waals surface area contributed by atoms with E-state index in [0.717, 1.165) is 11.3 Å². The number of hydrogen-bond donors (Lipinski definition) is 0. The first-order valence-corrected chi connectivity index (χ1v) is 2.89. The van der Waals surface area contributed by atoms with Crippen LogP contribution >= 0.6 is 0 Å². The second-order valence-corrected chi connectivity index (χ2v) is 1.91. The Morgan fingerprint density at radius 2 is 2.56 bits per heavy atom. The van der Waals surface area contributed by atoms with Gasteiger partial charge in [0.15, 0.2) is 7.28 Å². The van der Waals surface area contributed by atoms with Crippen LogP contribution in [0.4, 0.5) is 0 Å². The molecule has 1 rings (SSSR count). The first-order valence-electron chi connectivity index (χ1n) is 3.60. The minimum atomic E-state index is 0.302. The molecule has 1 aromatic rings. The molecule has 0 aliphatic heterocycles. The van der Waals surface area contributed by atoms with Crippen LogP contribution in [-0.2, 0) is 0 Å². The van der Waals surface area contributed by atoms with E-state index in [9.17, 15) is 0 Å². The number of nitrogens with zero attached hydrogens (tertiary/aromatic N) is 1. The monoisotopic (exact) mass is 119 g/mol. The second kappa shape index (κ2) is 2.67. The maximum absolute atomic E-state index is 6.92. The smallest absolute Gasteiger partial charge is 0.174 e. The molecule has 1 nitrogen and oxygen atoms in total. The summed E-state index contributed by atoms with van der Waals surface area (Å²) in [7, 11) is 1.78. The van der Waals surface area contributed by atoms with Gasteiger partial charge in [0.05, 0.1) is 0 Å². The van der Waals surface area contributed by atoms with Crippen molar-refractivity contribution in [3.8, 4) is 0 Å². The van der Waals surface area contributed by atoms with E-state index in [-0.39, 0.29) is 0 Å². The summed E-state index contributed by atoms with van der Waals surface area (Å²) in [5, 5.41) is 0. The molecule has 2 heteroatoms. The topological polar surface area (TPSA) is 12.9 Å². The Balaban J connectivity index is 2.75. The molecule has 0 amide bonds. The van der Waals surface area contributed by atoms with Crippen LogP contribution in [0.2, 0.25) is 6.80 Å². The van der Waals surface area contributed by atoms with E-state index in [1.165, 1.54) is 0 Å². The van der Waals surface area contributed by atoms with E-state index in [2.05, 4.69) is 4.98 Å². The van der Waals surface area contributed by atoms with Crippen molar-refractivity contribution in [2.45, 2.75) is 13.7 Å². The van der Waals surface area contributed by atoms with Gasteiger partial charge in [0.2, 0.25) is 0 Å². The van der Waals surface area contributed by atoms with Gasteiger partial charge in [-0.15, -0.1) is 0 Å². The third-order valence-corrected chi connectivity index (χ3v) is 1.12. The van der Waals surface area contributed by atoms with Gasteiger partial charge in [-0.2, -0.15) is 0 Å². The molecule has 0 aliphatic carbocycles. The summed E-state index contributed by atoms with van der Waals surface area (Å²) in [6, 6.07) is 5.80. The Morgan fingerprint density at radius 1 is 1.67 bits per heavy atom. The Hall–Kier alpha value is -0.785. The first-order chi connectivity index (χ1) is 4.83. The molecule has 45 valence electrons. The number of rotatable bonds is 1. The summed E-state index contributed by atoms with van der Waals surface area (Å²) >= 11 is 0. The molecule has 9 heavy (non-hydrogen) atoms. The average Bonchev–Trinajstić information content (AvgIpc) is 1.88. The van der Waals surface area contributed by atoms with Crippen LogP contribution in [0.15, 0.2) is 18.2 Å². The first kappa shape index (κ1) is 5.04. The number of aromatic nitrogens is 1. The highest BCUT2D eigenvalue weighted by molar-refractivity contribution is 6.50. The van der Waals surface area contributed by atoms with Gasteiger partial charge >= 0.3 is 0 Å². The lowest BCUT2D eigenvalue weighted by molar-refractivity contribution is 1.24. The lowest BCUT2D eigenvalue weighted by Gasteiger charge is -1.93. The van der Waals surface area contributed by atoms with Crippen LogP contribution < -0.4 is 5.59 Å². The Labute approximate surface area is 57.8 Å². The molecule has 0 atom stereocenters. The molecule has 0 fully saturated rings. The zero-order valence-corrected chi connectivity index (χ0v) is 5.46. The van der Waals surface area contributed by atoms with Gasteiger partial charge in [0, 0.05) is 7.06 Å². The Bertz CT molecular complexity index is 215. The predicted octanol–water partition coefficient (Wildman–Crippen LogP) is 0.768. The molecular weight excluding hydrogens is 109 g/mol. The van der Waals surface area contributed by atoms with Crippen LogP contribution in [0.25, 0.3) is 0 Å². The molecule has 0 saturated heterocycles. The largest absolute Gasteiger partial charge is 0.269 e. The van der Waals surface area contributed by atoms with E-state index < -0.39 is 0 Å². The minimum Gasteiger partial charge on any atom is -0.269 e. The lowest BCUT2D eigenvalue weighted by atomic mass is 9.77. The fourth-order valence-electron chi connectivity index (χ4n) is 0.678. The van der Waals surface area contributed by atoms with Gasteiger partial charge < -0.3 is 0 Å². The summed E-state index contributed by atoms with van der Waals surface area (Å²) in [6.45, 7) is 2.25. The summed E-state index contributed by atoms with van der Waals surface area (Å²) < 4.78 is 6.92. The minimum absolute atomic E-state index is 0.302. The SMILES string of the molecule is [2H]C[B]c1cccc(C)n1. The van der Waals surface area contributed by atoms with Crippen molar-refractivity contribution in [1.29, 1.82) is 0 Å². The van der Waals surface area contributed by atoms with Gasteiger partial charge in [-0.25, -0.2) is 0 Å². The molecule has 0 N–H and O–H groups in total. The van der Waals surface area contributed by atoms with Crippen molar-refractivity contribution in [3.63, 3.8) is 0 Å². The average molecular weight is 119 g/mol. The van der Waals surface area contributed by atoms with E-state index in [4.69, 9.17) is 1.37 Å². The fraction of sp³-hybridized carbons (Fsp3) is 0.286. The molecule has 1 aromatic heterocycles. The maximum Gasteiger partial charge on any atom is 0.174 e. The highest BCUT2D eigenvalue weighted by atomic mass is 14.7. The summed E-state index contributed by atoms with van der Waals surface area (Å²) in [5.74, 6) is 0. The Kier molecular flexibility index (Phi) is 1.49. The molecule has 0 saturated carbocycles. The summed E-state index contributed by atoms with van der Waals surface area (Å²) in [4.78, 5) is 4.19. The fourth-order valence-corrected chi connectivity index (χ4v) is 0.678. The van der Waals surface area contributed by atoms with Crippen LogP contribution in [0.1, 0.15) is 7.06 Å². The highest BCUT2D eigenvalue weighted by Crippen LogP contribution is 1.85. The normalized spacial score (nSPS) is 10.6. The third-order valence-electron chi connectivity index (χ3n) is 1.12. The van der Waals surface area contributed by atoms with Gasteiger partial charge in [0.1, 0.15) is 0 Å². The van der Waals surface area contributed by atoms with Gasteiger partial charge in [-0.05, 0) is 18.6 Å². The third kappa shape index (κ3) is 1.56. The molecule has 1 heterocycles. The maximum atomic E-state index is 6.92. The van der Waals surface area contributed by atoms with Crippen LogP contribution in [-0.4, -0.2) is 12.3 Å². The number of pyridine rings is 1. The van der Waals surface area contributed by atoms with E-state index in [0.29, 0.717) is 6.80 Å². The number of aryl methyl sites for hydroxylation is 1. The molecule has 0 spiro atoms. The van der Waals surface area contributed by atoms with E-state index >= 15 is 0 Å². The molecule has 0 bridgehead atoms. The van der Waals surface area contributed by atoms with E-state index in [1.807, 2.05) is 25.1 Å². The van der Waals surface area contributed by atoms with Crippen molar-refractivity contribution >= 4 is 12.9 Å². The van der Waals surface area contributed by atoms with Gasteiger partial charge in [0.25, 0.3) is 0 Å². The zero-order chi connectivity index (χ0) is 7.40.